The van der Waals surface area contributed by atoms with Gasteiger partial charge in [0.15, 0.2) is 5.78 Å². The molecule has 0 aliphatic heterocycles. The Kier molecular flexibility index (Phi) is 4.79. The Morgan fingerprint density at radius 2 is 1.85 bits per heavy atom. The fourth-order valence-electron chi connectivity index (χ4n) is 3.18. The van der Waals surface area contributed by atoms with Gasteiger partial charge in [-0.1, -0.05) is 39.0 Å². The van der Waals surface area contributed by atoms with E-state index in [1.165, 1.54) is 7.11 Å². The van der Waals surface area contributed by atoms with Crippen LogP contribution < -0.4 is 4.74 Å². The lowest BCUT2D eigenvalue weighted by molar-refractivity contribution is -0.136. The number of aliphatic carboxylic acids is 1. The molecular formula is C22H23NO4. The number of carbonyl (C=O) groups excluding carboxylic acids is 1. The molecule has 2 aromatic carbocycles. The molecule has 1 aromatic heterocycles. The summed E-state index contributed by atoms with van der Waals surface area (Å²) in [4.78, 5) is 27.0. The first-order chi connectivity index (χ1) is 12.7. The molecule has 2 N–H and O–H groups in total. The number of rotatable bonds is 5. The zero-order valence-electron chi connectivity index (χ0n) is 15.9. The van der Waals surface area contributed by atoms with Crippen LogP contribution in [0.3, 0.4) is 0 Å². The van der Waals surface area contributed by atoms with Gasteiger partial charge < -0.3 is 14.8 Å². The Balaban J connectivity index is 2.13. The summed E-state index contributed by atoms with van der Waals surface area (Å²) in [6.07, 6.45) is -0.117. The third-order valence-corrected chi connectivity index (χ3v) is 4.52. The molecule has 5 nitrogen and oxygen atoms in total. The molecule has 0 atom stereocenters. The molecule has 3 rings (SSSR count). The molecule has 0 aliphatic rings. The van der Waals surface area contributed by atoms with Gasteiger partial charge in [0.25, 0.3) is 0 Å². The fourth-order valence-corrected chi connectivity index (χ4v) is 3.18. The zero-order valence-corrected chi connectivity index (χ0v) is 15.9. The van der Waals surface area contributed by atoms with Crippen molar-refractivity contribution in [1.82, 2.24) is 4.98 Å². The van der Waals surface area contributed by atoms with Gasteiger partial charge in [0.2, 0.25) is 0 Å². The summed E-state index contributed by atoms with van der Waals surface area (Å²) in [6.45, 7) is 5.68. The number of nitrogens with one attached hydrogen (secondary N) is 1. The zero-order chi connectivity index (χ0) is 19.8. The van der Waals surface area contributed by atoms with E-state index in [9.17, 15) is 9.59 Å². The van der Waals surface area contributed by atoms with Crippen LogP contribution >= 0.6 is 0 Å². The Hall–Kier alpha value is -3.08. The number of ether oxygens (including phenoxy) is 1. The van der Waals surface area contributed by atoms with Crippen molar-refractivity contribution in [2.45, 2.75) is 27.2 Å². The topological polar surface area (TPSA) is 79.4 Å². The monoisotopic (exact) mass is 365 g/mol. The molecule has 0 unspecified atom stereocenters. The molecule has 0 fully saturated rings. The number of ketones is 1. The number of hydrogen-bond donors (Lipinski definition) is 2. The van der Waals surface area contributed by atoms with E-state index in [1.807, 2.05) is 57.2 Å². The normalized spacial score (nSPS) is 11.6. The summed E-state index contributed by atoms with van der Waals surface area (Å²) in [5, 5.41) is 10.1. The molecule has 0 saturated heterocycles. The number of hydrogen-bond acceptors (Lipinski definition) is 3. The maximum atomic E-state index is 12.6. The van der Waals surface area contributed by atoms with Gasteiger partial charge in [-0.15, -0.1) is 0 Å². The molecule has 3 aromatic rings. The highest BCUT2D eigenvalue weighted by molar-refractivity contribution is 6.05. The van der Waals surface area contributed by atoms with Crippen molar-refractivity contribution >= 4 is 22.7 Å². The van der Waals surface area contributed by atoms with Crippen LogP contribution in [-0.2, 0) is 11.2 Å². The van der Waals surface area contributed by atoms with Crippen molar-refractivity contribution in [3.05, 3.63) is 53.7 Å². The molecule has 0 amide bonds. The second-order valence-electron chi connectivity index (χ2n) is 7.63. The van der Waals surface area contributed by atoms with Gasteiger partial charge in [-0.05, 0) is 35.4 Å². The Morgan fingerprint density at radius 1 is 1.11 bits per heavy atom. The predicted molar refractivity (Wildman–Crippen MR) is 105 cm³/mol. The van der Waals surface area contributed by atoms with Crippen LogP contribution in [-0.4, -0.2) is 29.0 Å². The first-order valence-corrected chi connectivity index (χ1v) is 8.76. The van der Waals surface area contributed by atoms with Crippen LogP contribution in [0.25, 0.3) is 22.0 Å². The second-order valence-corrected chi connectivity index (χ2v) is 7.63. The van der Waals surface area contributed by atoms with Crippen molar-refractivity contribution in [1.29, 1.82) is 0 Å². The SMILES string of the molecule is COc1ccc(-c2cccc3[nH]c(C(=O)C(C)(C)C)cc23)cc1CC(=O)O. The van der Waals surface area contributed by atoms with Gasteiger partial charge in [0.1, 0.15) is 5.75 Å². The average Bonchev–Trinajstić information content (AvgIpc) is 3.03. The van der Waals surface area contributed by atoms with Gasteiger partial charge >= 0.3 is 5.97 Å². The lowest BCUT2D eigenvalue weighted by atomic mass is 9.89. The maximum Gasteiger partial charge on any atom is 0.307 e. The smallest absolute Gasteiger partial charge is 0.307 e. The number of benzene rings is 2. The standard InChI is InChI=1S/C22H23NO4/c1-22(2,3)21(26)18-12-16-15(6-5-7-17(16)23-18)13-8-9-19(27-4)14(10-13)11-20(24)25/h5-10,12,23H,11H2,1-4H3,(H,24,25). The number of carbonyl (C=O) groups is 2. The first kappa shape index (κ1) is 18.7. The summed E-state index contributed by atoms with van der Waals surface area (Å²) >= 11 is 0. The fraction of sp³-hybridized carbons (Fsp3) is 0.273. The Labute approximate surface area is 158 Å². The van der Waals surface area contributed by atoms with Crippen molar-refractivity contribution < 1.29 is 19.4 Å². The van der Waals surface area contributed by atoms with E-state index >= 15 is 0 Å². The van der Waals surface area contributed by atoms with Crippen LogP contribution in [0.5, 0.6) is 5.75 Å². The van der Waals surface area contributed by atoms with Crippen molar-refractivity contribution in [3.63, 3.8) is 0 Å². The van der Waals surface area contributed by atoms with E-state index < -0.39 is 11.4 Å². The minimum absolute atomic E-state index is 0.0472. The lowest BCUT2D eigenvalue weighted by Gasteiger charge is -2.14. The third-order valence-electron chi connectivity index (χ3n) is 4.52. The summed E-state index contributed by atoms with van der Waals surface area (Å²) in [5.41, 5.74) is 3.40. The second kappa shape index (κ2) is 6.91. The summed E-state index contributed by atoms with van der Waals surface area (Å²) in [6, 6.07) is 13.2. The number of aromatic amines is 1. The van der Waals surface area contributed by atoms with Gasteiger partial charge in [0.05, 0.1) is 19.2 Å². The molecule has 0 aliphatic carbocycles. The predicted octanol–water partition coefficient (Wildman–Crippen LogP) is 4.70. The summed E-state index contributed by atoms with van der Waals surface area (Å²) in [5.74, 6) is -0.319. The molecule has 0 spiro atoms. The number of H-pyrrole nitrogens is 1. The van der Waals surface area contributed by atoms with E-state index in [0.29, 0.717) is 17.0 Å². The molecule has 27 heavy (non-hydrogen) atoms. The minimum Gasteiger partial charge on any atom is -0.496 e. The van der Waals surface area contributed by atoms with E-state index in [2.05, 4.69) is 4.98 Å². The lowest BCUT2D eigenvalue weighted by Crippen LogP contribution is -2.20. The molecule has 140 valence electrons. The van der Waals surface area contributed by atoms with E-state index in [4.69, 9.17) is 9.84 Å². The number of methoxy groups -OCH3 is 1. The van der Waals surface area contributed by atoms with Crippen molar-refractivity contribution in [2.24, 2.45) is 5.41 Å². The quantitative estimate of drug-likeness (QED) is 0.642. The molecule has 0 saturated carbocycles. The third kappa shape index (κ3) is 3.72. The molecule has 5 heteroatoms. The van der Waals surface area contributed by atoms with Crippen molar-refractivity contribution in [3.8, 4) is 16.9 Å². The van der Waals surface area contributed by atoms with Gasteiger partial charge in [-0.25, -0.2) is 0 Å². The molecular weight excluding hydrogens is 342 g/mol. The molecule has 0 bridgehead atoms. The van der Waals surface area contributed by atoms with E-state index in [-0.39, 0.29) is 12.2 Å². The Morgan fingerprint density at radius 3 is 2.48 bits per heavy atom. The number of fused-ring (bicyclic) bond motifs is 1. The number of carboxylic acid groups (broad SMARTS) is 1. The van der Waals surface area contributed by atoms with Crippen LogP contribution in [0.1, 0.15) is 36.8 Å². The van der Waals surface area contributed by atoms with Gasteiger partial charge in [-0.2, -0.15) is 0 Å². The molecule has 1 heterocycles. The molecule has 0 radical (unpaired) electrons. The Bertz CT molecular complexity index is 1020. The summed E-state index contributed by atoms with van der Waals surface area (Å²) in [7, 11) is 1.53. The van der Waals surface area contributed by atoms with Crippen molar-refractivity contribution in [2.75, 3.05) is 7.11 Å². The van der Waals surface area contributed by atoms with Gasteiger partial charge in [-0.3, -0.25) is 9.59 Å². The average molecular weight is 365 g/mol. The highest BCUT2D eigenvalue weighted by Gasteiger charge is 2.25. The summed E-state index contributed by atoms with van der Waals surface area (Å²) < 4.78 is 5.28. The largest absolute Gasteiger partial charge is 0.496 e. The van der Waals surface area contributed by atoms with E-state index in [1.54, 1.807) is 6.07 Å². The number of aromatic nitrogens is 1. The van der Waals surface area contributed by atoms with Crippen LogP contribution in [0.2, 0.25) is 0 Å². The highest BCUT2D eigenvalue weighted by Crippen LogP contribution is 2.33. The van der Waals surface area contributed by atoms with Gasteiger partial charge in [0, 0.05) is 21.9 Å². The maximum absolute atomic E-state index is 12.6. The van der Waals surface area contributed by atoms with Crippen LogP contribution in [0.15, 0.2) is 42.5 Å². The van der Waals surface area contributed by atoms with Crippen LogP contribution in [0.4, 0.5) is 0 Å². The van der Waals surface area contributed by atoms with Crippen LogP contribution in [0, 0.1) is 5.41 Å². The minimum atomic E-state index is -0.914. The van der Waals surface area contributed by atoms with E-state index in [0.717, 1.165) is 22.0 Å². The number of carboxylic acids is 1. The number of Topliss-reactive ketones (excluding diaryl/α,β-unsaturated/α-hetero) is 1. The highest BCUT2D eigenvalue weighted by atomic mass is 16.5. The first-order valence-electron chi connectivity index (χ1n) is 8.76.